The number of aryl methyl sites for hydroxylation is 1. The van der Waals surface area contributed by atoms with Crippen molar-refractivity contribution in [1.29, 1.82) is 0 Å². The molecule has 0 aliphatic carbocycles. The maximum absolute atomic E-state index is 10.1. The van der Waals surface area contributed by atoms with Crippen LogP contribution >= 0.6 is 0 Å². The van der Waals surface area contributed by atoms with Crippen LogP contribution < -0.4 is 0 Å². The average Bonchev–Trinajstić information content (AvgIpc) is 2.40. The van der Waals surface area contributed by atoms with E-state index in [4.69, 9.17) is 0 Å². The number of aliphatic hydroxyl groups excluding tert-OH is 1. The number of hydrogen-bond donors (Lipinski definition) is 1. The molecule has 0 aliphatic rings. The van der Waals surface area contributed by atoms with E-state index < -0.39 is 0 Å². The van der Waals surface area contributed by atoms with E-state index >= 15 is 0 Å². The van der Waals surface area contributed by atoms with Crippen molar-refractivity contribution in [3.63, 3.8) is 0 Å². The Hall–Kier alpha value is -2.28. The maximum Gasteiger partial charge on any atom is 0.123 e. The van der Waals surface area contributed by atoms with Crippen molar-refractivity contribution in [2.45, 2.75) is 6.92 Å². The molecule has 18 heavy (non-hydrogen) atoms. The summed E-state index contributed by atoms with van der Waals surface area (Å²) < 4.78 is 0. The van der Waals surface area contributed by atoms with Crippen LogP contribution in [0.25, 0.3) is 17.9 Å². The van der Waals surface area contributed by atoms with Crippen LogP contribution in [0.3, 0.4) is 0 Å². The molecule has 0 spiro atoms. The molecule has 1 N–H and O–H groups in total. The minimum atomic E-state index is 0.268. The molecular weight excluding hydrogens is 220 g/mol. The summed E-state index contributed by atoms with van der Waals surface area (Å²) >= 11 is 0. The number of rotatable bonds is 3. The second kappa shape index (κ2) is 5.37. The van der Waals surface area contributed by atoms with Gasteiger partial charge < -0.3 is 5.11 Å². The minimum Gasteiger partial charge on any atom is -0.507 e. The Balaban J connectivity index is 2.38. The molecule has 2 aromatic rings. The lowest BCUT2D eigenvalue weighted by Crippen LogP contribution is -1.85. The monoisotopic (exact) mass is 236 g/mol. The lowest BCUT2D eigenvalue weighted by atomic mass is 10.0. The fraction of sp³-hybridized carbons (Fsp3) is 0.0588. The van der Waals surface area contributed by atoms with Gasteiger partial charge in [0, 0.05) is 5.56 Å². The zero-order valence-electron chi connectivity index (χ0n) is 10.4. The van der Waals surface area contributed by atoms with Gasteiger partial charge in [-0.15, -0.1) is 0 Å². The largest absolute Gasteiger partial charge is 0.507 e. The molecule has 2 aromatic carbocycles. The van der Waals surface area contributed by atoms with Gasteiger partial charge in [0.1, 0.15) is 5.76 Å². The van der Waals surface area contributed by atoms with E-state index in [1.165, 1.54) is 5.56 Å². The summed E-state index contributed by atoms with van der Waals surface area (Å²) in [5.41, 5.74) is 3.97. The summed E-state index contributed by atoms with van der Waals surface area (Å²) in [6, 6.07) is 15.6. The third kappa shape index (κ3) is 2.69. The SMILES string of the molecule is C=Cc1ccccc1/C=C(\O)c1ccc(C)cc1. The van der Waals surface area contributed by atoms with Gasteiger partial charge in [0.2, 0.25) is 0 Å². The van der Waals surface area contributed by atoms with Gasteiger partial charge in [0.25, 0.3) is 0 Å². The zero-order chi connectivity index (χ0) is 13.0. The summed E-state index contributed by atoms with van der Waals surface area (Å²) in [6.45, 7) is 5.80. The van der Waals surface area contributed by atoms with Crippen LogP contribution in [0.1, 0.15) is 22.3 Å². The van der Waals surface area contributed by atoms with Crippen LogP contribution in [-0.4, -0.2) is 5.11 Å². The van der Waals surface area contributed by atoms with Crippen molar-refractivity contribution >= 4 is 17.9 Å². The molecule has 0 saturated heterocycles. The predicted octanol–water partition coefficient (Wildman–Crippen LogP) is 4.69. The van der Waals surface area contributed by atoms with Crippen molar-refractivity contribution in [2.75, 3.05) is 0 Å². The highest BCUT2D eigenvalue weighted by atomic mass is 16.3. The molecule has 0 fully saturated rings. The molecule has 0 radical (unpaired) electrons. The number of benzene rings is 2. The third-order valence-electron chi connectivity index (χ3n) is 2.86. The molecular formula is C17H16O. The Morgan fingerprint density at radius 3 is 2.22 bits per heavy atom. The molecule has 1 nitrogen and oxygen atoms in total. The molecule has 0 aliphatic heterocycles. The maximum atomic E-state index is 10.1. The minimum absolute atomic E-state index is 0.268. The molecule has 90 valence electrons. The van der Waals surface area contributed by atoms with E-state index in [9.17, 15) is 5.11 Å². The third-order valence-corrected chi connectivity index (χ3v) is 2.86. The smallest absolute Gasteiger partial charge is 0.123 e. The van der Waals surface area contributed by atoms with Crippen molar-refractivity contribution in [1.82, 2.24) is 0 Å². The summed E-state index contributed by atoms with van der Waals surface area (Å²) in [5.74, 6) is 0.268. The van der Waals surface area contributed by atoms with Gasteiger partial charge >= 0.3 is 0 Å². The Labute approximate surface area is 108 Å². The Bertz CT molecular complexity index is 577. The first kappa shape index (κ1) is 12.2. The van der Waals surface area contributed by atoms with Crippen LogP contribution in [0, 0.1) is 6.92 Å². The summed E-state index contributed by atoms with van der Waals surface area (Å²) in [6.07, 6.45) is 3.55. The molecule has 0 atom stereocenters. The van der Waals surface area contributed by atoms with Crippen LogP contribution in [-0.2, 0) is 0 Å². The fourth-order valence-corrected chi connectivity index (χ4v) is 1.78. The first-order chi connectivity index (χ1) is 8.70. The van der Waals surface area contributed by atoms with Gasteiger partial charge in [-0.1, -0.05) is 66.7 Å². The molecule has 0 heterocycles. The van der Waals surface area contributed by atoms with Gasteiger partial charge in [0.15, 0.2) is 0 Å². The summed E-state index contributed by atoms with van der Waals surface area (Å²) in [4.78, 5) is 0. The van der Waals surface area contributed by atoms with E-state index in [-0.39, 0.29) is 5.76 Å². The van der Waals surface area contributed by atoms with Gasteiger partial charge in [-0.05, 0) is 24.1 Å². The van der Waals surface area contributed by atoms with E-state index in [2.05, 4.69) is 6.58 Å². The Kier molecular flexibility index (Phi) is 3.63. The van der Waals surface area contributed by atoms with Gasteiger partial charge in [0.05, 0.1) is 0 Å². The Morgan fingerprint density at radius 2 is 1.61 bits per heavy atom. The van der Waals surface area contributed by atoms with Gasteiger partial charge in [-0.3, -0.25) is 0 Å². The molecule has 0 saturated carbocycles. The van der Waals surface area contributed by atoms with E-state index in [1.54, 1.807) is 12.2 Å². The molecule has 0 bridgehead atoms. The van der Waals surface area contributed by atoms with Crippen molar-refractivity contribution in [3.05, 3.63) is 77.4 Å². The highest BCUT2D eigenvalue weighted by Crippen LogP contribution is 2.19. The second-order valence-electron chi connectivity index (χ2n) is 4.23. The standard InChI is InChI=1S/C17H16O/c1-3-14-6-4-5-7-16(14)12-17(18)15-10-8-13(2)9-11-15/h3-12,18H,1H2,2H3/b17-12-. The second-order valence-corrected chi connectivity index (χ2v) is 4.23. The number of hydrogen-bond acceptors (Lipinski definition) is 1. The zero-order valence-corrected chi connectivity index (χ0v) is 10.4. The van der Waals surface area contributed by atoms with Gasteiger partial charge in [-0.25, -0.2) is 0 Å². The highest BCUT2D eigenvalue weighted by Gasteiger charge is 2.01. The molecule has 2 rings (SSSR count). The normalized spacial score (nSPS) is 11.3. The first-order valence-corrected chi connectivity index (χ1v) is 5.90. The van der Waals surface area contributed by atoms with Crippen LogP contribution in [0.15, 0.2) is 55.1 Å². The van der Waals surface area contributed by atoms with Gasteiger partial charge in [-0.2, -0.15) is 0 Å². The first-order valence-electron chi connectivity index (χ1n) is 5.90. The summed E-state index contributed by atoms with van der Waals surface area (Å²) in [7, 11) is 0. The summed E-state index contributed by atoms with van der Waals surface area (Å²) in [5, 5.41) is 10.1. The lowest BCUT2D eigenvalue weighted by Gasteiger charge is -2.04. The van der Waals surface area contributed by atoms with E-state index in [1.807, 2.05) is 55.5 Å². The lowest BCUT2D eigenvalue weighted by molar-refractivity contribution is 0.515. The van der Waals surface area contributed by atoms with Crippen LogP contribution in [0.4, 0.5) is 0 Å². The van der Waals surface area contributed by atoms with Crippen LogP contribution in [0.5, 0.6) is 0 Å². The fourth-order valence-electron chi connectivity index (χ4n) is 1.78. The molecule has 1 heteroatoms. The number of aliphatic hydroxyl groups is 1. The average molecular weight is 236 g/mol. The topological polar surface area (TPSA) is 20.2 Å². The van der Waals surface area contributed by atoms with Crippen molar-refractivity contribution in [2.24, 2.45) is 0 Å². The van der Waals surface area contributed by atoms with E-state index in [0.29, 0.717) is 0 Å². The predicted molar refractivity (Wildman–Crippen MR) is 78.2 cm³/mol. The molecule has 0 aromatic heterocycles. The van der Waals surface area contributed by atoms with Crippen LogP contribution in [0.2, 0.25) is 0 Å². The Morgan fingerprint density at radius 1 is 1.00 bits per heavy atom. The van der Waals surface area contributed by atoms with Crippen molar-refractivity contribution < 1.29 is 5.11 Å². The quantitative estimate of drug-likeness (QED) is 0.605. The highest BCUT2D eigenvalue weighted by molar-refractivity contribution is 5.79. The van der Waals surface area contributed by atoms with E-state index in [0.717, 1.165) is 16.7 Å². The molecule has 0 amide bonds. The molecule has 0 unspecified atom stereocenters. The van der Waals surface area contributed by atoms with Crippen molar-refractivity contribution in [3.8, 4) is 0 Å².